The summed E-state index contributed by atoms with van der Waals surface area (Å²) >= 11 is 1.48. The summed E-state index contributed by atoms with van der Waals surface area (Å²) < 4.78 is 1.38. The van der Waals surface area contributed by atoms with Gasteiger partial charge in [0.15, 0.2) is 0 Å². The summed E-state index contributed by atoms with van der Waals surface area (Å²) in [7, 11) is 0. The Hall–Kier alpha value is -2.15. The number of aromatic nitrogens is 2. The van der Waals surface area contributed by atoms with Gasteiger partial charge < -0.3 is 10.0 Å². The minimum atomic E-state index is -0.930. The normalized spacial score (nSPS) is 17.3. The number of rotatable bonds is 4. The van der Waals surface area contributed by atoms with Crippen molar-refractivity contribution < 1.29 is 14.7 Å². The first-order valence-electron chi connectivity index (χ1n) is 8.46. The van der Waals surface area contributed by atoms with Gasteiger partial charge in [-0.25, -0.2) is 0 Å². The van der Waals surface area contributed by atoms with Crippen molar-refractivity contribution in [2.24, 2.45) is 5.41 Å². The lowest BCUT2D eigenvalue weighted by Gasteiger charge is -2.23. The van der Waals surface area contributed by atoms with Crippen molar-refractivity contribution in [1.29, 1.82) is 0 Å². The first kappa shape index (κ1) is 17.7. The number of carbonyl (C=O) groups excluding carboxylic acids is 1. The predicted octanol–water partition coefficient (Wildman–Crippen LogP) is 3.35. The Labute approximate surface area is 151 Å². The maximum Gasteiger partial charge on any atom is 0.325 e. The molecule has 0 atom stereocenters. The van der Waals surface area contributed by atoms with Gasteiger partial charge in [-0.3, -0.25) is 14.3 Å². The molecule has 1 fully saturated rings. The zero-order valence-electron chi connectivity index (χ0n) is 14.6. The molecular formula is C18H23N3O3S. The Kier molecular flexibility index (Phi) is 4.94. The highest BCUT2D eigenvalue weighted by atomic mass is 32.1. The zero-order chi connectivity index (χ0) is 18.0. The van der Waals surface area contributed by atoms with Crippen molar-refractivity contribution in [3.63, 3.8) is 0 Å². The highest BCUT2D eigenvalue weighted by Crippen LogP contribution is 2.31. The molecule has 7 heteroatoms. The second-order valence-corrected chi connectivity index (χ2v) is 8.24. The fourth-order valence-electron chi connectivity index (χ4n) is 3.12. The van der Waals surface area contributed by atoms with E-state index < -0.39 is 5.97 Å². The third-order valence-corrected chi connectivity index (χ3v) is 5.67. The molecule has 1 aliphatic heterocycles. The average molecular weight is 361 g/mol. The van der Waals surface area contributed by atoms with Gasteiger partial charge in [0.05, 0.1) is 11.8 Å². The number of carbonyl (C=O) groups is 2. The van der Waals surface area contributed by atoms with E-state index in [1.807, 2.05) is 16.3 Å². The van der Waals surface area contributed by atoms with E-state index in [2.05, 4.69) is 18.9 Å². The minimum Gasteiger partial charge on any atom is -0.480 e. The van der Waals surface area contributed by atoms with Gasteiger partial charge >= 0.3 is 5.97 Å². The molecule has 3 heterocycles. The van der Waals surface area contributed by atoms with Gasteiger partial charge in [-0.2, -0.15) is 5.10 Å². The topological polar surface area (TPSA) is 75.4 Å². The van der Waals surface area contributed by atoms with Crippen molar-refractivity contribution in [2.45, 2.75) is 39.7 Å². The lowest BCUT2D eigenvalue weighted by molar-refractivity contribution is -0.137. The molecule has 3 rings (SSSR count). The Morgan fingerprint density at radius 1 is 1.32 bits per heavy atom. The molecule has 0 spiro atoms. The molecule has 1 amide bonds. The summed E-state index contributed by atoms with van der Waals surface area (Å²) in [6, 6.07) is 1.88. The van der Waals surface area contributed by atoms with E-state index in [1.165, 1.54) is 16.0 Å². The standard InChI is InChI=1S/C18H23N3O3S/c1-18(2)4-3-6-20(7-5-18)17(24)13-8-15(25-12-13)14-9-19-21(10-14)11-16(22)23/h8-10,12H,3-7,11H2,1-2H3,(H,22,23). The fourth-order valence-corrected chi connectivity index (χ4v) is 3.98. The number of thiophene rings is 1. The van der Waals surface area contributed by atoms with Crippen molar-refractivity contribution in [1.82, 2.24) is 14.7 Å². The maximum atomic E-state index is 12.8. The summed E-state index contributed by atoms with van der Waals surface area (Å²) in [6.07, 6.45) is 6.55. The van der Waals surface area contributed by atoms with E-state index in [0.717, 1.165) is 42.8 Å². The summed E-state index contributed by atoms with van der Waals surface area (Å²) in [5.74, 6) is -0.848. The number of nitrogens with zero attached hydrogens (tertiary/aromatic N) is 3. The number of hydrogen-bond donors (Lipinski definition) is 1. The van der Waals surface area contributed by atoms with Gasteiger partial charge in [-0.15, -0.1) is 11.3 Å². The van der Waals surface area contributed by atoms with Crippen LogP contribution >= 0.6 is 11.3 Å². The predicted molar refractivity (Wildman–Crippen MR) is 96.7 cm³/mol. The lowest BCUT2D eigenvalue weighted by Crippen LogP contribution is -2.32. The van der Waals surface area contributed by atoms with Crippen LogP contribution in [-0.2, 0) is 11.3 Å². The lowest BCUT2D eigenvalue weighted by atomic mass is 9.85. The Morgan fingerprint density at radius 3 is 2.88 bits per heavy atom. The molecule has 0 bridgehead atoms. The molecule has 1 aliphatic rings. The van der Waals surface area contributed by atoms with Crippen molar-refractivity contribution in [3.05, 3.63) is 29.4 Å². The van der Waals surface area contributed by atoms with Crippen LogP contribution in [0.5, 0.6) is 0 Å². The summed E-state index contributed by atoms with van der Waals surface area (Å²) in [5, 5.41) is 14.7. The first-order valence-corrected chi connectivity index (χ1v) is 9.34. The molecule has 0 aromatic carbocycles. The van der Waals surface area contributed by atoms with Crippen molar-refractivity contribution >= 4 is 23.2 Å². The Balaban J connectivity index is 1.71. The summed E-state index contributed by atoms with van der Waals surface area (Å²) in [5.41, 5.74) is 1.83. The molecule has 0 aliphatic carbocycles. The number of hydrogen-bond acceptors (Lipinski definition) is 4. The number of aliphatic carboxylic acids is 1. The van der Waals surface area contributed by atoms with E-state index in [-0.39, 0.29) is 12.5 Å². The number of carboxylic acid groups (broad SMARTS) is 1. The van der Waals surface area contributed by atoms with E-state index in [0.29, 0.717) is 11.0 Å². The molecule has 134 valence electrons. The van der Waals surface area contributed by atoms with Crippen LogP contribution in [0.15, 0.2) is 23.8 Å². The molecule has 0 unspecified atom stereocenters. The Morgan fingerprint density at radius 2 is 2.12 bits per heavy atom. The van der Waals surface area contributed by atoms with Gasteiger partial charge in [0, 0.05) is 35.1 Å². The van der Waals surface area contributed by atoms with Crippen LogP contribution in [0.2, 0.25) is 0 Å². The molecule has 2 aromatic rings. The minimum absolute atomic E-state index is 0.0816. The SMILES string of the molecule is CC1(C)CCCN(C(=O)c2csc(-c3cnn(CC(=O)O)c3)c2)CC1. The van der Waals surface area contributed by atoms with Crippen LogP contribution in [0.3, 0.4) is 0 Å². The van der Waals surface area contributed by atoms with Gasteiger partial charge in [0.25, 0.3) is 5.91 Å². The van der Waals surface area contributed by atoms with Gasteiger partial charge in [0.1, 0.15) is 6.54 Å². The molecule has 1 saturated heterocycles. The molecular weight excluding hydrogens is 338 g/mol. The fraction of sp³-hybridized carbons (Fsp3) is 0.500. The maximum absolute atomic E-state index is 12.8. The van der Waals surface area contributed by atoms with Gasteiger partial charge in [-0.05, 0) is 30.7 Å². The smallest absolute Gasteiger partial charge is 0.325 e. The number of amides is 1. The average Bonchev–Trinajstić information content (AvgIpc) is 3.14. The van der Waals surface area contributed by atoms with Crippen LogP contribution in [0.4, 0.5) is 0 Å². The van der Waals surface area contributed by atoms with Gasteiger partial charge in [-0.1, -0.05) is 13.8 Å². The van der Waals surface area contributed by atoms with Crippen LogP contribution in [0, 0.1) is 5.41 Å². The van der Waals surface area contributed by atoms with Gasteiger partial charge in [0.2, 0.25) is 0 Å². The number of likely N-dealkylation sites (tertiary alicyclic amines) is 1. The monoisotopic (exact) mass is 361 g/mol. The highest BCUT2D eigenvalue weighted by molar-refractivity contribution is 7.13. The molecule has 2 aromatic heterocycles. The molecule has 0 radical (unpaired) electrons. The van der Waals surface area contributed by atoms with E-state index >= 15 is 0 Å². The second-order valence-electron chi connectivity index (χ2n) is 7.33. The molecule has 0 saturated carbocycles. The quantitative estimate of drug-likeness (QED) is 0.906. The van der Waals surface area contributed by atoms with Crippen LogP contribution in [-0.4, -0.2) is 44.8 Å². The van der Waals surface area contributed by atoms with E-state index in [4.69, 9.17) is 5.11 Å². The molecule has 1 N–H and O–H groups in total. The van der Waals surface area contributed by atoms with Crippen molar-refractivity contribution in [2.75, 3.05) is 13.1 Å². The van der Waals surface area contributed by atoms with E-state index in [1.54, 1.807) is 12.4 Å². The van der Waals surface area contributed by atoms with Crippen LogP contribution < -0.4 is 0 Å². The van der Waals surface area contributed by atoms with Crippen LogP contribution in [0.25, 0.3) is 10.4 Å². The summed E-state index contributed by atoms with van der Waals surface area (Å²) in [6.45, 7) is 5.97. The van der Waals surface area contributed by atoms with E-state index in [9.17, 15) is 9.59 Å². The largest absolute Gasteiger partial charge is 0.480 e. The third kappa shape index (κ3) is 4.28. The Bertz CT molecular complexity index is 778. The molecule has 25 heavy (non-hydrogen) atoms. The zero-order valence-corrected chi connectivity index (χ0v) is 15.4. The van der Waals surface area contributed by atoms with Crippen molar-refractivity contribution in [3.8, 4) is 10.4 Å². The van der Waals surface area contributed by atoms with Crippen LogP contribution in [0.1, 0.15) is 43.5 Å². The molecule has 6 nitrogen and oxygen atoms in total. The first-order chi connectivity index (χ1) is 11.8. The highest BCUT2D eigenvalue weighted by Gasteiger charge is 2.26. The summed E-state index contributed by atoms with van der Waals surface area (Å²) in [4.78, 5) is 26.4. The second kappa shape index (κ2) is 7.00. The number of carboxylic acids is 1. The third-order valence-electron chi connectivity index (χ3n) is 4.69.